The second kappa shape index (κ2) is 4.81. The summed E-state index contributed by atoms with van der Waals surface area (Å²) in [5.41, 5.74) is 1.29. The molecule has 0 amide bonds. The minimum absolute atomic E-state index is 0.160. The second-order valence-corrected chi connectivity index (χ2v) is 6.46. The van der Waals surface area contributed by atoms with E-state index in [1.165, 1.54) is 14.2 Å². The predicted octanol–water partition coefficient (Wildman–Crippen LogP) is 5.15. The van der Waals surface area contributed by atoms with Crippen LogP contribution in [-0.4, -0.2) is 0 Å². The van der Waals surface area contributed by atoms with Gasteiger partial charge in [-0.2, -0.15) is 0 Å². The Bertz CT molecular complexity index is 282. The van der Waals surface area contributed by atoms with Crippen molar-refractivity contribution in [2.75, 3.05) is 0 Å². The molecule has 0 radical (unpaired) electrons. The Morgan fingerprint density at radius 1 is 1.62 bits per heavy atom. The molecule has 1 rings (SSSR count). The minimum Gasteiger partial charge on any atom is -0.133 e. The topological polar surface area (TPSA) is 0 Å². The van der Waals surface area contributed by atoms with Crippen molar-refractivity contribution < 1.29 is 0 Å². The van der Waals surface area contributed by atoms with Crippen molar-refractivity contribution >= 4 is 38.9 Å². The van der Waals surface area contributed by atoms with Crippen LogP contribution in [0.3, 0.4) is 0 Å². The molecule has 0 aliphatic rings. The molecule has 0 saturated carbocycles. The van der Waals surface area contributed by atoms with E-state index in [-0.39, 0.29) is 5.38 Å². The molecule has 0 saturated heterocycles. The lowest BCUT2D eigenvalue weighted by molar-refractivity contribution is 0.542. The molecule has 1 aromatic rings. The first-order valence-electron chi connectivity index (χ1n) is 4.46. The average Bonchev–Trinajstić information content (AvgIpc) is 2.42. The smallest absolute Gasteiger partial charge is 0.0704 e. The minimum atomic E-state index is 0.160. The summed E-state index contributed by atoms with van der Waals surface area (Å²) < 4.78 is 1.17. The molecule has 0 aliphatic heterocycles. The molecule has 13 heavy (non-hydrogen) atoms. The first-order chi connectivity index (χ1) is 6.06. The number of halogens is 2. The Morgan fingerprint density at radius 3 is 2.62 bits per heavy atom. The molecule has 3 heteroatoms. The van der Waals surface area contributed by atoms with E-state index in [4.69, 9.17) is 11.6 Å². The van der Waals surface area contributed by atoms with E-state index >= 15 is 0 Å². The molecule has 0 fully saturated rings. The van der Waals surface area contributed by atoms with Crippen molar-refractivity contribution in [3.05, 3.63) is 20.3 Å². The highest BCUT2D eigenvalue weighted by Gasteiger charge is 2.18. The molecule has 0 aromatic carbocycles. The van der Waals surface area contributed by atoms with E-state index in [1.54, 1.807) is 11.3 Å². The van der Waals surface area contributed by atoms with Gasteiger partial charge in [-0.1, -0.05) is 20.3 Å². The Kier molecular flexibility index (Phi) is 4.27. The second-order valence-electron chi connectivity index (χ2n) is 3.35. The SMILES string of the molecule is CCC(C)C(Cl)c1cc(Br)sc1C. The lowest BCUT2D eigenvalue weighted by Gasteiger charge is -2.15. The first-order valence-corrected chi connectivity index (χ1v) is 6.50. The van der Waals surface area contributed by atoms with E-state index in [1.807, 2.05) is 0 Å². The fraction of sp³-hybridized carbons (Fsp3) is 0.600. The summed E-state index contributed by atoms with van der Waals surface area (Å²) in [4.78, 5) is 1.33. The Labute approximate surface area is 97.4 Å². The molecule has 0 bridgehead atoms. The predicted molar refractivity (Wildman–Crippen MR) is 64.8 cm³/mol. The molecule has 0 N–H and O–H groups in total. The van der Waals surface area contributed by atoms with Crippen LogP contribution in [0.5, 0.6) is 0 Å². The molecular formula is C10H14BrClS. The molecule has 0 nitrogen and oxygen atoms in total. The number of alkyl halides is 1. The number of hydrogen-bond acceptors (Lipinski definition) is 1. The van der Waals surface area contributed by atoms with Gasteiger partial charge in [-0.3, -0.25) is 0 Å². The van der Waals surface area contributed by atoms with Crippen LogP contribution in [0.2, 0.25) is 0 Å². The highest BCUT2D eigenvalue weighted by atomic mass is 79.9. The van der Waals surface area contributed by atoms with Crippen molar-refractivity contribution in [1.82, 2.24) is 0 Å². The maximum Gasteiger partial charge on any atom is 0.0704 e. The number of hydrogen-bond donors (Lipinski definition) is 0. The summed E-state index contributed by atoms with van der Waals surface area (Å²) in [5.74, 6) is 0.543. The Balaban J connectivity index is 2.87. The molecule has 0 aliphatic carbocycles. The lowest BCUT2D eigenvalue weighted by atomic mass is 9.99. The van der Waals surface area contributed by atoms with Crippen LogP contribution >= 0.6 is 38.9 Å². The van der Waals surface area contributed by atoms with Gasteiger partial charge < -0.3 is 0 Å². The van der Waals surface area contributed by atoms with Crippen molar-refractivity contribution in [2.24, 2.45) is 5.92 Å². The number of rotatable bonds is 3. The fourth-order valence-electron chi connectivity index (χ4n) is 1.25. The van der Waals surface area contributed by atoms with Crippen molar-refractivity contribution in [3.8, 4) is 0 Å². The van der Waals surface area contributed by atoms with Gasteiger partial charge in [0.1, 0.15) is 0 Å². The monoisotopic (exact) mass is 280 g/mol. The summed E-state index contributed by atoms with van der Waals surface area (Å²) in [5, 5.41) is 0.160. The summed E-state index contributed by atoms with van der Waals surface area (Å²) in [6.07, 6.45) is 1.13. The Morgan fingerprint density at radius 2 is 2.23 bits per heavy atom. The summed E-state index contributed by atoms with van der Waals surface area (Å²) in [7, 11) is 0. The molecular weight excluding hydrogens is 268 g/mol. The molecule has 0 spiro atoms. The van der Waals surface area contributed by atoms with Crippen LogP contribution in [0.25, 0.3) is 0 Å². The van der Waals surface area contributed by atoms with Crippen molar-refractivity contribution in [1.29, 1.82) is 0 Å². The van der Waals surface area contributed by atoms with Gasteiger partial charge in [0.05, 0.1) is 9.16 Å². The van der Waals surface area contributed by atoms with Gasteiger partial charge in [-0.05, 0) is 40.4 Å². The van der Waals surface area contributed by atoms with E-state index in [0.29, 0.717) is 5.92 Å². The van der Waals surface area contributed by atoms with Crippen LogP contribution in [0.15, 0.2) is 9.85 Å². The fourth-order valence-corrected chi connectivity index (χ4v) is 3.47. The zero-order valence-electron chi connectivity index (χ0n) is 8.10. The quantitative estimate of drug-likeness (QED) is 0.673. The van der Waals surface area contributed by atoms with Gasteiger partial charge in [0.15, 0.2) is 0 Å². The van der Waals surface area contributed by atoms with Crippen LogP contribution in [0.1, 0.15) is 36.1 Å². The highest BCUT2D eigenvalue weighted by molar-refractivity contribution is 9.11. The van der Waals surface area contributed by atoms with Gasteiger partial charge in [0.2, 0.25) is 0 Å². The van der Waals surface area contributed by atoms with Crippen LogP contribution < -0.4 is 0 Å². The molecule has 2 unspecified atom stereocenters. The summed E-state index contributed by atoms with van der Waals surface area (Å²) >= 11 is 11.6. The average molecular weight is 282 g/mol. The van der Waals surface area contributed by atoms with Crippen molar-refractivity contribution in [2.45, 2.75) is 32.6 Å². The first kappa shape index (κ1) is 11.5. The molecule has 1 heterocycles. The highest BCUT2D eigenvalue weighted by Crippen LogP contribution is 2.38. The molecule has 1 aromatic heterocycles. The Hall–Kier alpha value is 0.470. The van der Waals surface area contributed by atoms with E-state index in [2.05, 4.69) is 42.8 Å². The van der Waals surface area contributed by atoms with Gasteiger partial charge in [-0.15, -0.1) is 22.9 Å². The third kappa shape index (κ3) is 2.71. The van der Waals surface area contributed by atoms with Crippen LogP contribution in [0.4, 0.5) is 0 Å². The van der Waals surface area contributed by atoms with Gasteiger partial charge in [-0.25, -0.2) is 0 Å². The zero-order valence-corrected chi connectivity index (χ0v) is 11.3. The third-order valence-electron chi connectivity index (χ3n) is 2.37. The van der Waals surface area contributed by atoms with Gasteiger partial charge in [0.25, 0.3) is 0 Å². The normalized spacial score (nSPS) is 15.8. The number of thiophene rings is 1. The van der Waals surface area contributed by atoms with Gasteiger partial charge >= 0.3 is 0 Å². The third-order valence-corrected chi connectivity index (χ3v) is 4.60. The van der Waals surface area contributed by atoms with Crippen LogP contribution in [-0.2, 0) is 0 Å². The van der Waals surface area contributed by atoms with E-state index < -0.39 is 0 Å². The maximum atomic E-state index is 6.36. The van der Waals surface area contributed by atoms with Gasteiger partial charge in [0, 0.05) is 4.88 Å². The van der Waals surface area contributed by atoms with Crippen LogP contribution in [0, 0.1) is 12.8 Å². The van der Waals surface area contributed by atoms with E-state index in [0.717, 1.165) is 6.42 Å². The van der Waals surface area contributed by atoms with Crippen molar-refractivity contribution in [3.63, 3.8) is 0 Å². The summed E-state index contributed by atoms with van der Waals surface area (Å²) in [6.45, 7) is 6.50. The zero-order chi connectivity index (χ0) is 10.0. The number of aryl methyl sites for hydroxylation is 1. The molecule has 2 atom stereocenters. The standard InChI is InChI=1S/C10H14BrClS/c1-4-6(2)10(12)8-5-9(11)13-7(8)3/h5-6,10H,4H2,1-3H3. The largest absolute Gasteiger partial charge is 0.133 e. The van der Waals surface area contributed by atoms with E-state index in [9.17, 15) is 0 Å². The lowest BCUT2D eigenvalue weighted by Crippen LogP contribution is -2.02. The summed E-state index contributed by atoms with van der Waals surface area (Å²) in [6, 6.07) is 2.14. The molecule has 74 valence electrons. The maximum absolute atomic E-state index is 6.36.